The summed E-state index contributed by atoms with van der Waals surface area (Å²) < 4.78 is 5.80. The molecule has 20 heavy (non-hydrogen) atoms. The predicted molar refractivity (Wildman–Crippen MR) is 82.6 cm³/mol. The Morgan fingerprint density at radius 3 is 2.65 bits per heavy atom. The summed E-state index contributed by atoms with van der Waals surface area (Å²) in [7, 11) is 1.92. The van der Waals surface area contributed by atoms with Crippen molar-refractivity contribution in [3.8, 4) is 11.6 Å². The van der Waals surface area contributed by atoms with Crippen LogP contribution in [0, 0.1) is 6.92 Å². The molecule has 0 saturated heterocycles. The number of ether oxygens (including phenoxy) is 1. The second-order valence-corrected chi connectivity index (χ2v) is 5.04. The van der Waals surface area contributed by atoms with Crippen LogP contribution in [-0.4, -0.2) is 12.0 Å². The molecule has 2 rings (SSSR count). The maximum atomic E-state index is 6.10. The number of aromatic nitrogens is 1. The Balaban J connectivity index is 2.19. The summed E-state index contributed by atoms with van der Waals surface area (Å²) in [4.78, 5) is 4.47. The first-order chi connectivity index (χ1) is 9.63. The Morgan fingerprint density at radius 1 is 1.20 bits per heavy atom. The zero-order valence-corrected chi connectivity index (χ0v) is 12.8. The number of nitrogens with one attached hydrogen (secondary N) is 1. The van der Waals surface area contributed by atoms with Gasteiger partial charge in [-0.25, -0.2) is 4.98 Å². The van der Waals surface area contributed by atoms with Gasteiger partial charge in [0.05, 0.1) is 0 Å². The first-order valence-electron chi connectivity index (χ1n) is 6.71. The SMILES string of the molecule is CCc1cc(Oc2ccc(CNC)c(C)n2)ccc1Cl. The van der Waals surface area contributed by atoms with Gasteiger partial charge in [-0.2, -0.15) is 0 Å². The molecule has 0 bridgehead atoms. The average molecular weight is 291 g/mol. The van der Waals surface area contributed by atoms with E-state index in [-0.39, 0.29) is 0 Å². The summed E-state index contributed by atoms with van der Waals surface area (Å²) in [5.74, 6) is 1.37. The summed E-state index contributed by atoms with van der Waals surface area (Å²) >= 11 is 6.10. The van der Waals surface area contributed by atoms with Gasteiger partial charge in [-0.05, 0) is 49.7 Å². The predicted octanol–water partition coefficient (Wildman–Crippen LogP) is 4.12. The molecule has 0 aliphatic carbocycles. The minimum atomic E-state index is 0.603. The fraction of sp³-hybridized carbons (Fsp3) is 0.312. The molecule has 1 aromatic heterocycles. The van der Waals surface area contributed by atoms with Crippen molar-refractivity contribution in [3.63, 3.8) is 0 Å². The number of rotatable bonds is 5. The molecule has 0 spiro atoms. The van der Waals surface area contributed by atoms with Gasteiger partial charge in [-0.1, -0.05) is 24.6 Å². The molecule has 0 unspecified atom stereocenters. The Bertz CT molecular complexity index is 599. The third kappa shape index (κ3) is 3.50. The van der Waals surface area contributed by atoms with Crippen molar-refractivity contribution in [2.24, 2.45) is 0 Å². The van der Waals surface area contributed by atoms with E-state index in [1.807, 2.05) is 44.3 Å². The first-order valence-corrected chi connectivity index (χ1v) is 7.09. The molecule has 0 aliphatic rings. The maximum Gasteiger partial charge on any atom is 0.219 e. The molecule has 1 heterocycles. The molecule has 1 aromatic carbocycles. The van der Waals surface area contributed by atoms with Crippen molar-refractivity contribution in [2.45, 2.75) is 26.8 Å². The number of halogens is 1. The summed E-state index contributed by atoms with van der Waals surface area (Å²) in [6.45, 7) is 4.86. The molecule has 3 nitrogen and oxygen atoms in total. The fourth-order valence-corrected chi connectivity index (χ4v) is 2.26. The van der Waals surface area contributed by atoms with Crippen LogP contribution in [-0.2, 0) is 13.0 Å². The Labute approximate surface area is 124 Å². The summed E-state index contributed by atoms with van der Waals surface area (Å²) in [6, 6.07) is 9.60. The van der Waals surface area contributed by atoms with Gasteiger partial charge in [0.2, 0.25) is 5.88 Å². The van der Waals surface area contributed by atoms with Gasteiger partial charge < -0.3 is 10.1 Å². The van der Waals surface area contributed by atoms with Crippen LogP contribution in [0.15, 0.2) is 30.3 Å². The number of hydrogen-bond donors (Lipinski definition) is 1. The number of aryl methyl sites for hydroxylation is 2. The van der Waals surface area contributed by atoms with E-state index in [1.54, 1.807) is 0 Å². The van der Waals surface area contributed by atoms with Crippen LogP contribution in [0.2, 0.25) is 5.02 Å². The maximum absolute atomic E-state index is 6.10. The second-order valence-electron chi connectivity index (χ2n) is 4.63. The van der Waals surface area contributed by atoms with E-state index in [4.69, 9.17) is 16.3 Å². The second kappa shape index (κ2) is 6.73. The minimum absolute atomic E-state index is 0.603. The highest BCUT2D eigenvalue weighted by molar-refractivity contribution is 6.31. The van der Waals surface area contributed by atoms with Gasteiger partial charge in [0.15, 0.2) is 0 Å². The molecule has 0 aliphatic heterocycles. The lowest BCUT2D eigenvalue weighted by Gasteiger charge is -2.10. The summed E-state index contributed by atoms with van der Waals surface area (Å²) in [5.41, 5.74) is 3.22. The zero-order chi connectivity index (χ0) is 14.5. The molecule has 106 valence electrons. The zero-order valence-electron chi connectivity index (χ0n) is 12.0. The highest BCUT2D eigenvalue weighted by Gasteiger charge is 2.05. The molecular weight excluding hydrogens is 272 g/mol. The Hall–Kier alpha value is -1.58. The third-order valence-corrected chi connectivity index (χ3v) is 3.53. The van der Waals surface area contributed by atoms with Gasteiger partial charge in [0.1, 0.15) is 5.75 Å². The lowest BCUT2D eigenvalue weighted by atomic mass is 10.1. The topological polar surface area (TPSA) is 34.1 Å². The van der Waals surface area contributed by atoms with E-state index < -0.39 is 0 Å². The van der Waals surface area contributed by atoms with Crippen LogP contribution in [0.5, 0.6) is 11.6 Å². The normalized spacial score (nSPS) is 10.6. The van der Waals surface area contributed by atoms with Gasteiger partial charge in [-0.15, -0.1) is 0 Å². The van der Waals surface area contributed by atoms with Crippen LogP contribution in [0.25, 0.3) is 0 Å². The van der Waals surface area contributed by atoms with E-state index in [2.05, 4.69) is 17.2 Å². The highest BCUT2D eigenvalue weighted by atomic mass is 35.5. The minimum Gasteiger partial charge on any atom is -0.439 e. The van der Waals surface area contributed by atoms with Crippen LogP contribution in [0.4, 0.5) is 0 Å². The quantitative estimate of drug-likeness (QED) is 0.899. The van der Waals surface area contributed by atoms with Crippen molar-refractivity contribution in [3.05, 3.63) is 52.2 Å². The number of benzene rings is 1. The fourth-order valence-electron chi connectivity index (χ4n) is 2.01. The average Bonchev–Trinajstić information content (AvgIpc) is 2.44. The monoisotopic (exact) mass is 290 g/mol. The summed E-state index contributed by atoms with van der Waals surface area (Å²) in [5, 5.41) is 3.89. The summed E-state index contributed by atoms with van der Waals surface area (Å²) in [6.07, 6.45) is 0.879. The van der Waals surface area contributed by atoms with Gasteiger partial charge >= 0.3 is 0 Å². The molecule has 0 saturated carbocycles. The molecule has 1 N–H and O–H groups in total. The Kier molecular flexibility index (Phi) is 4.99. The lowest BCUT2D eigenvalue weighted by molar-refractivity contribution is 0.460. The van der Waals surface area contributed by atoms with Crippen molar-refractivity contribution in [1.82, 2.24) is 10.3 Å². The van der Waals surface area contributed by atoms with Gasteiger partial charge in [0.25, 0.3) is 0 Å². The number of pyridine rings is 1. The van der Waals surface area contributed by atoms with E-state index >= 15 is 0 Å². The van der Waals surface area contributed by atoms with Crippen LogP contribution in [0.3, 0.4) is 0 Å². The number of hydrogen-bond acceptors (Lipinski definition) is 3. The van der Waals surface area contributed by atoms with Gasteiger partial charge in [0, 0.05) is 23.3 Å². The molecule has 0 radical (unpaired) electrons. The molecule has 4 heteroatoms. The number of nitrogens with zero attached hydrogens (tertiary/aromatic N) is 1. The van der Waals surface area contributed by atoms with Crippen molar-refractivity contribution in [1.29, 1.82) is 0 Å². The molecule has 0 fully saturated rings. The standard InChI is InChI=1S/C16H19ClN2O/c1-4-12-9-14(6-7-15(12)17)20-16-8-5-13(10-18-3)11(2)19-16/h5-9,18H,4,10H2,1-3H3. The lowest BCUT2D eigenvalue weighted by Crippen LogP contribution is -2.07. The van der Waals surface area contributed by atoms with Crippen molar-refractivity contribution < 1.29 is 4.74 Å². The molecule has 0 atom stereocenters. The van der Waals surface area contributed by atoms with E-state index in [0.29, 0.717) is 5.88 Å². The van der Waals surface area contributed by atoms with Crippen LogP contribution < -0.4 is 10.1 Å². The van der Waals surface area contributed by atoms with Gasteiger partial charge in [-0.3, -0.25) is 0 Å². The van der Waals surface area contributed by atoms with Crippen molar-refractivity contribution >= 4 is 11.6 Å². The largest absolute Gasteiger partial charge is 0.439 e. The van der Waals surface area contributed by atoms with Crippen molar-refractivity contribution in [2.75, 3.05) is 7.05 Å². The Morgan fingerprint density at radius 2 is 2.00 bits per heavy atom. The highest BCUT2D eigenvalue weighted by Crippen LogP contribution is 2.26. The molecular formula is C16H19ClN2O. The van der Waals surface area contributed by atoms with E-state index in [9.17, 15) is 0 Å². The molecule has 2 aromatic rings. The third-order valence-electron chi connectivity index (χ3n) is 3.16. The van der Waals surface area contributed by atoms with Crippen LogP contribution >= 0.6 is 11.6 Å². The smallest absolute Gasteiger partial charge is 0.219 e. The first kappa shape index (κ1) is 14.8. The van der Waals surface area contributed by atoms with E-state index in [1.165, 1.54) is 5.56 Å². The van der Waals surface area contributed by atoms with E-state index in [0.717, 1.165) is 35.0 Å². The van der Waals surface area contributed by atoms with Crippen LogP contribution in [0.1, 0.15) is 23.7 Å². The molecule has 0 amide bonds.